The van der Waals surface area contributed by atoms with Crippen LogP contribution in [-0.2, 0) is 0 Å². The molecule has 0 spiro atoms. The van der Waals surface area contributed by atoms with Crippen LogP contribution in [-0.4, -0.2) is 19.1 Å². The molecule has 0 aliphatic carbocycles. The summed E-state index contributed by atoms with van der Waals surface area (Å²) in [5.41, 5.74) is 0.650. The standard InChI is InChI=1S/C15H13ClINO2/c16-12-3-7-14(8-4-12)20-10-9-18-15(19)11-1-5-13(17)6-2-11/h1-8H,9-10H2,(H,18,19). The van der Waals surface area contributed by atoms with Crippen LogP contribution in [0, 0.1) is 3.57 Å². The predicted molar refractivity (Wildman–Crippen MR) is 88.4 cm³/mol. The molecule has 20 heavy (non-hydrogen) atoms. The lowest BCUT2D eigenvalue weighted by molar-refractivity contribution is 0.0947. The van der Waals surface area contributed by atoms with Gasteiger partial charge in [0, 0.05) is 14.2 Å². The van der Waals surface area contributed by atoms with Gasteiger partial charge in [-0.15, -0.1) is 0 Å². The molecule has 0 bridgehead atoms. The Labute approximate surface area is 136 Å². The first-order valence-corrected chi connectivity index (χ1v) is 7.53. The highest BCUT2D eigenvalue weighted by molar-refractivity contribution is 14.1. The minimum absolute atomic E-state index is 0.0962. The third-order valence-corrected chi connectivity index (χ3v) is 3.55. The second-order valence-electron chi connectivity index (χ2n) is 4.07. The zero-order chi connectivity index (χ0) is 14.4. The summed E-state index contributed by atoms with van der Waals surface area (Å²) in [5, 5.41) is 3.48. The summed E-state index contributed by atoms with van der Waals surface area (Å²) in [5.74, 6) is 0.638. The molecular formula is C15H13ClINO2. The van der Waals surface area contributed by atoms with Gasteiger partial charge in [-0.2, -0.15) is 0 Å². The zero-order valence-electron chi connectivity index (χ0n) is 10.6. The maximum atomic E-state index is 11.8. The van der Waals surface area contributed by atoms with Crippen LogP contribution in [0.15, 0.2) is 48.5 Å². The van der Waals surface area contributed by atoms with Gasteiger partial charge in [-0.25, -0.2) is 0 Å². The molecule has 0 saturated carbocycles. The van der Waals surface area contributed by atoms with E-state index in [2.05, 4.69) is 27.9 Å². The summed E-state index contributed by atoms with van der Waals surface area (Å²) in [6.45, 7) is 0.866. The minimum Gasteiger partial charge on any atom is -0.492 e. The Morgan fingerprint density at radius 3 is 2.40 bits per heavy atom. The second kappa shape index (κ2) is 7.50. The van der Waals surface area contributed by atoms with Crippen molar-refractivity contribution in [2.75, 3.05) is 13.2 Å². The van der Waals surface area contributed by atoms with Crippen LogP contribution < -0.4 is 10.1 Å². The SMILES string of the molecule is O=C(NCCOc1ccc(Cl)cc1)c1ccc(I)cc1. The Bertz CT molecular complexity index is 569. The lowest BCUT2D eigenvalue weighted by atomic mass is 10.2. The molecule has 104 valence electrons. The van der Waals surface area contributed by atoms with E-state index in [9.17, 15) is 4.79 Å². The second-order valence-corrected chi connectivity index (χ2v) is 5.75. The largest absolute Gasteiger partial charge is 0.492 e. The van der Waals surface area contributed by atoms with Crippen molar-refractivity contribution in [2.45, 2.75) is 0 Å². The van der Waals surface area contributed by atoms with E-state index >= 15 is 0 Å². The van der Waals surface area contributed by atoms with Crippen molar-refractivity contribution in [3.8, 4) is 5.75 Å². The lowest BCUT2D eigenvalue weighted by Crippen LogP contribution is -2.28. The molecule has 0 unspecified atom stereocenters. The van der Waals surface area contributed by atoms with Crippen LogP contribution in [0.5, 0.6) is 5.75 Å². The van der Waals surface area contributed by atoms with Crippen molar-refractivity contribution in [3.63, 3.8) is 0 Å². The summed E-state index contributed by atoms with van der Waals surface area (Å²) in [6.07, 6.45) is 0. The van der Waals surface area contributed by atoms with Crippen LogP contribution >= 0.6 is 34.2 Å². The number of carbonyl (C=O) groups excluding carboxylic acids is 1. The quantitative estimate of drug-likeness (QED) is 0.612. The Kier molecular flexibility index (Phi) is 5.67. The highest BCUT2D eigenvalue weighted by atomic mass is 127. The molecule has 5 heteroatoms. The number of amides is 1. The molecule has 1 amide bonds. The van der Waals surface area contributed by atoms with Crippen molar-refractivity contribution >= 4 is 40.1 Å². The van der Waals surface area contributed by atoms with Crippen molar-refractivity contribution < 1.29 is 9.53 Å². The van der Waals surface area contributed by atoms with E-state index in [1.165, 1.54) is 0 Å². The van der Waals surface area contributed by atoms with Crippen molar-refractivity contribution in [1.82, 2.24) is 5.32 Å². The van der Waals surface area contributed by atoms with Gasteiger partial charge >= 0.3 is 0 Å². The Morgan fingerprint density at radius 1 is 1.10 bits per heavy atom. The number of rotatable bonds is 5. The number of carbonyl (C=O) groups is 1. The Hall–Kier alpha value is -1.27. The van der Waals surface area contributed by atoms with E-state index in [1.807, 2.05) is 12.1 Å². The van der Waals surface area contributed by atoms with E-state index < -0.39 is 0 Å². The third-order valence-electron chi connectivity index (χ3n) is 2.58. The van der Waals surface area contributed by atoms with Gasteiger partial charge in [-0.3, -0.25) is 4.79 Å². The fourth-order valence-corrected chi connectivity index (χ4v) is 2.05. The summed E-state index contributed by atoms with van der Waals surface area (Å²) >= 11 is 7.98. The van der Waals surface area contributed by atoms with Crippen LogP contribution in [0.3, 0.4) is 0 Å². The number of benzene rings is 2. The smallest absolute Gasteiger partial charge is 0.251 e. The molecule has 3 nitrogen and oxygen atoms in total. The maximum Gasteiger partial charge on any atom is 0.251 e. The lowest BCUT2D eigenvalue weighted by Gasteiger charge is -2.08. The van der Waals surface area contributed by atoms with Crippen LogP contribution in [0.25, 0.3) is 0 Å². The van der Waals surface area contributed by atoms with Crippen LogP contribution in [0.2, 0.25) is 5.02 Å². The molecule has 0 aromatic heterocycles. The van der Waals surface area contributed by atoms with E-state index in [0.29, 0.717) is 23.7 Å². The molecule has 0 aliphatic heterocycles. The Morgan fingerprint density at radius 2 is 1.75 bits per heavy atom. The highest BCUT2D eigenvalue weighted by Gasteiger charge is 2.04. The summed E-state index contributed by atoms with van der Waals surface area (Å²) in [4.78, 5) is 11.8. The molecule has 0 aliphatic rings. The molecule has 2 rings (SSSR count). The van der Waals surface area contributed by atoms with E-state index in [0.717, 1.165) is 9.32 Å². The number of hydrogen-bond donors (Lipinski definition) is 1. The topological polar surface area (TPSA) is 38.3 Å². The summed E-state index contributed by atoms with van der Waals surface area (Å²) in [7, 11) is 0. The van der Waals surface area contributed by atoms with Crippen molar-refractivity contribution in [2.24, 2.45) is 0 Å². The molecule has 0 atom stereocenters. The molecule has 2 aromatic carbocycles. The average Bonchev–Trinajstić information content (AvgIpc) is 2.46. The molecule has 0 saturated heterocycles. The molecule has 0 radical (unpaired) electrons. The molecule has 0 fully saturated rings. The van der Waals surface area contributed by atoms with Gasteiger partial charge in [0.25, 0.3) is 5.91 Å². The fraction of sp³-hybridized carbons (Fsp3) is 0.133. The first-order valence-electron chi connectivity index (χ1n) is 6.07. The number of hydrogen-bond acceptors (Lipinski definition) is 2. The van der Waals surface area contributed by atoms with Crippen LogP contribution in [0.4, 0.5) is 0 Å². The molecular weight excluding hydrogens is 389 g/mol. The minimum atomic E-state index is -0.0962. The van der Waals surface area contributed by atoms with E-state index in [1.54, 1.807) is 36.4 Å². The monoisotopic (exact) mass is 401 g/mol. The van der Waals surface area contributed by atoms with Gasteiger partial charge in [-0.1, -0.05) is 11.6 Å². The average molecular weight is 402 g/mol. The van der Waals surface area contributed by atoms with Crippen molar-refractivity contribution in [3.05, 3.63) is 62.7 Å². The van der Waals surface area contributed by atoms with Crippen LogP contribution in [0.1, 0.15) is 10.4 Å². The number of nitrogens with one attached hydrogen (secondary N) is 1. The third kappa shape index (κ3) is 4.68. The normalized spacial score (nSPS) is 10.1. The number of ether oxygens (including phenoxy) is 1. The first kappa shape index (κ1) is 15.1. The first-order chi connectivity index (χ1) is 9.65. The van der Waals surface area contributed by atoms with Gasteiger partial charge in [-0.05, 0) is 71.1 Å². The van der Waals surface area contributed by atoms with Gasteiger partial charge in [0.1, 0.15) is 12.4 Å². The fourth-order valence-electron chi connectivity index (χ4n) is 1.57. The molecule has 1 N–H and O–H groups in total. The Balaban J connectivity index is 1.74. The van der Waals surface area contributed by atoms with Gasteiger partial charge < -0.3 is 10.1 Å². The maximum absolute atomic E-state index is 11.8. The van der Waals surface area contributed by atoms with Gasteiger partial charge in [0.2, 0.25) is 0 Å². The summed E-state index contributed by atoms with van der Waals surface area (Å²) < 4.78 is 6.59. The van der Waals surface area contributed by atoms with E-state index in [4.69, 9.17) is 16.3 Å². The predicted octanol–water partition coefficient (Wildman–Crippen LogP) is 3.75. The summed E-state index contributed by atoms with van der Waals surface area (Å²) in [6, 6.07) is 14.5. The zero-order valence-corrected chi connectivity index (χ0v) is 13.5. The van der Waals surface area contributed by atoms with Gasteiger partial charge in [0.15, 0.2) is 0 Å². The number of halogens is 2. The molecule has 0 heterocycles. The van der Waals surface area contributed by atoms with Crippen molar-refractivity contribution in [1.29, 1.82) is 0 Å². The van der Waals surface area contributed by atoms with E-state index in [-0.39, 0.29) is 5.91 Å². The molecule has 2 aromatic rings. The van der Waals surface area contributed by atoms with Gasteiger partial charge in [0.05, 0.1) is 6.54 Å². The highest BCUT2D eigenvalue weighted by Crippen LogP contribution is 2.15.